The molecule has 4 aromatic rings. The van der Waals surface area contributed by atoms with Crippen LogP contribution in [0.2, 0.25) is 0 Å². The molecule has 0 radical (unpaired) electrons. The first-order chi connectivity index (χ1) is 15.4. The lowest BCUT2D eigenvalue weighted by Crippen LogP contribution is -2.17. The normalized spacial score (nSPS) is 16.2. The minimum atomic E-state index is -0.175. The quantitative estimate of drug-likeness (QED) is 0.349. The number of allylic oxidation sites excluding steroid dienone is 1. The zero-order valence-electron chi connectivity index (χ0n) is 18.9. The molecule has 0 spiro atoms. The Labute approximate surface area is 187 Å². The molecule has 32 heavy (non-hydrogen) atoms. The molecular weight excluding hydrogens is 398 g/mol. The Kier molecular flexibility index (Phi) is 4.93. The highest BCUT2D eigenvalue weighted by molar-refractivity contribution is 5.99. The fourth-order valence-corrected chi connectivity index (χ4v) is 4.61. The van der Waals surface area contributed by atoms with Crippen LogP contribution in [-0.4, -0.2) is 35.8 Å². The highest BCUT2D eigenvalue weighted by atomic mass is 16.5. The third-order valence-electron chi connectivity index (χ3n) is 6.40. The molecule has 2 aromatic heterocycles. The monoisotopic (exact) mass is 425 g/mol. The Bertz CT molecular complexity index is 1370. The van der Waals surface area contributed by atoms with Gasteiger partial charge in [0.15, 0.2) is 11.8 Å². The van der Waals surface area contributed by atoms with Crippen LogP contribution in [0.25, 0.3) is 27.7 Å². The Morgan fingerprint density at radius 1 is 1.03 bits per heavy atom. The van der Waals surface area contributed by atoms with Gasteiger partial charge in [0.05, 0.1) is 23.1 Å². The lowest BCUT2D eigenvalue weighted by atomic mass is 9.97. The van der Waals surface area contributed by atoms with Gasteiger partial charge in [-0.15, -0.1) is 0 Å². The first-order valence-electron chi connectivity index (χ1n) is 11.0. The van der Waals surface area contributed by atoms with Crippen LogP contribution in [-0.2, 0) is 26.9 Å². The van der Waals surface area contributed by atoms with E-state index in [1.54, 1.807) is 0 Å². The summed E-state index contributed by atoms with van der Waals surface area (Å²) in [5.74, 6) is 0. The molecule has 0 amide bonds. The van der Waals surface area contributed by atoms with Crippen molar-refractivity contribution in [2.24, 2.45) is 14.1 Å². The fraction of sp³-hybridized carbons (Fsp3) is 0.269. The summed E-state index contributed by atoms with van der Waals surface area (Å²) >= 11 is 0. The van der Waals surface area contributed by atoms with Crippen LogP contribution in [0.15, 0.2) is 61.1 Å². The number of fused-ring (bicyclic) bond motifs is 1. The zero-order chi connectivity index (χ0) is 22.4. The van der Waals surface area contributed by atoms with Crippen LogP contribution >= 0.6 is 0 Å². The largest absolute Gasteiger partial charge is 0.623 e. The molecule has 5 rings (SSSR count). The highest BCUT2D eigenvalue weighted by Crippen LogP contribution is 2.29. The smallest absolute Gasteiger partial charge is 0.186 e. The molecule has 0 unspecified atom stereocenters. The number of benzene rings is 2. The maximum Gasteiger partial charge on any atom is 0.186 e. The molecular formula is C26H27N5O. The van der Waals surface area contributed by atoms with Crippen molar-refractivity contribution in [1.82, 2.24) is 19.3 Å². The lowest BCUT2D eigenvalue weighted by Gasteiger charge is -2.11. The van der Waals surface area contributed by atoms with Crippen molar-refractivity contribution in [3.63, 3.8) is 0 Å². The average Bonchev–Trinajstić information content (AvgIpc) is 3.44. The second-order valence-corrected chi connectivity index (χ2v) is 8.63. The summed E-state index contributed by atoms with van der Waals surface area (Å²) < 4.78 is 4.97. The molecule has 1 aliphatic heterocycles. The van der Waals surface area contributed by atoms with Crippen molar-refractivity contribution in [1.29, 1.82) is 0 Å². The molecule has 1 aliphatic rings. The van der Waals surface area contributed by atoms with Gasteiger partial charge in [0.2, 0.25) is 0 Å². The lowest BCUT2D eigenvalue weighted by molar-refractivity contribution is -0.475. The van der Waals surface area contributed by atoms with E-state index in [1.807, 2.05) is 55.8 Å². The van der Waals surface area contributed by atoms with Crippen LogP contribution in [0.1, 0.15) is 30.7 Å². The molecule has 162 valence electrons. The number of hydrogen-bond donors (Lipinski definition) is 0. The molecule has 0 fully saturated rings. The van der Waals surface area contributed by atoms with Gasteiger partial charge in [-0.2, -0.15) is 5.10 Å². The zero-order valence-corrected chi connectivity index (χ0v) is 18.9. The van der Waals surface area contributed by atoms with Crippen LogP contribution < -0.4 is 0 Å². The second-order valence-electron chi connectivity index (χ2n) is 8.63. The van der Waals surface area contributed by atoms with Crippen molar-refractivity contribution < 1.29 is 4.74 Å². The predicted octanol–water partition coefficient (Wildman–Crippen LogP) is 4.52. The number of hydrogen-bond acceptors (Lipinski definition) is 3. The predicted molar refractivity (Wildman–Crippen MR) is 129 cm³/mol. The molecule has 0 aliphatic carbocycles. The SMILES string of the molecule is CC1=[N+]([O-])[C@H](C)C(c2cn(C)nc2CCc2ccc(-c3cccc4c3ncn4C)cc2)=C1. The van der Waals surface area contributed by atoms with Gasteiger partial charge in [0.25, 0.3) is 0 Å². The second kappa shape index (κ2) is 7.79. The molecule has 6 heteroatoms. The number of aromatic nitrogens is 4. The summed E-state index contributed by atoms with van der Waals surface area (Å²) in [5.41, 5.74) is 9.67. The van der Waals surface area contributed by atoms with Crippen LogP contribution in [0.5, 0.6) is 0 Å². The molecule has 0 saturated carbocycles. The summed E-state index contributed by atoms with van der Waals surface area (Å²) in [6, 6.07) is 14.8. The summed E-state index contributed by atoms with van der Waals surface area (Å²) in [6.07, 6.45) is 7.60. The van der Waals surface area contributed by atoms with E-state index in [4.69, 9.17) is 5.10 Å². The number of hydroxylamine groups is 1. The van der Waals surface area contributed by atoms with Gasteiger partial charge in [0, 0.05) is 56.9 Å². The molecule has 0 bridgehead atoms. The van der Waals surface area contributed by atoms with Gasteiger partial charge in [0.1, 0.15) is 0 Å². The van der Waals surface area contributed by atoms with E-state index in [1.165, 1.54) is 11.1 Å². The fourth-order valence-electron chi connectivity index (χ4n) is 4.61. The number of aryl methyl sites for hydroxylation is 4. The van der Waals surface area contributed by atoms with Crippen molar-refractivity contribution in [3.8, 4) is 11.1 Å². The first kappa shape index (κ1) is 20.2. The third kappa shape index (κ3) is 3.42. The highest BCUT2D eigenvalue weighted by Gasteiger charge is 2.29. The van der Waals surface area contributed by atoms with E-state index in [9.17, 15) is 5.21 Å². The van der Waals surface area contributed by atoms with Crippen molar-refractivity contribution in [2.75, 3.05) is 0 Å². The minimum absolute atomic E-state index is 0.175. The third-order valence-corrected chi connectivity index (χ3v) is 6.40. The van der Waals surface area contributed by atoms with Crippen molar-refractivity contribution >= 4 is 22.3 Å². The van der Waals surface area contributed by atoms with E-state index < -0.39 is 0 Å². The van der Waals surface area contributed by atoms with E-state index in [-0.39, 0.29) is 6.04 Å². The number of rotatable bonds is 5. The van der Waals surface area contributed by atoms with Crippen LogP contribution in [0.3, 0.4) is 0 Å². The molecule has 1 atom stereocenters. The van der Waals surface area contributed by atoms with Gasteiger partial charge in [-0.1, -0.05) is 36.4 Å². The van der Waals surface area contributed by atoms with Crippen molar-refractivity contribution in [3.05, 3.63) is 83.1 Å². The van der Waals surface area contributed by atoms with Gasteiger partial charge >= 0.3 is 0 Å². The number of nitrogens with zero attached hydrogens (tertiary/aromatic N) is 5. The Hall–Kier alpha value is -3.67. The van der Waals surface area contributed by atoms with Gasteiger partial charge in [-0.25, -0.2) is 9.72 Å². The molecule has 0 N–H and O–H groups in total. The standard InChI is InChI=1S/C26H27N5O/c1-17-14-22(18(2)31(17)32)23-15-30(4)28-24(23)13-10-19-8-11-20(12-9-19)21-6-5-7-25-26(21)27-16-29(25)3/h5-9,11-12,14-16,18H,10,13H2,1-4H3/t18-/m1/s1. The summed E-state index contributed by atoms with van der Waals surface area (Å²) in [6.45, 7) is 3.81. The van der Waals surface area contributed by atoms with Gasteiger partial charge < -0.3 is 9.77 Å². The molecule has 2 aromatic carbocycles. The molecule has 0 saturated heterocycles. The molecule has 3 heterocycles. The van der Waals surface area contributed by atoms with Crippen LogP contribution in [0.4, 0.5) is 0 Å². The van der Waals surface area contributed by atoms with Gasteiger partial charge in [-0.3, -0.25) is 4.68 Å². The van der Waals surface area contributed by atoms with Crippen LogP contribution in [0, 0.1) is 5.21 Å². The maximum absolute atomic E-state index is 12.2. The maximum atomic E-state index is 12.2. The average molecular weight is 426 g/mol. The van der Waals surface area contributed by atoms with E-state index in [0.717, 1.165) is 56.7 Å². The van der Waals surface area contributed by atoms with Crippen molar-refractivity contribution in [2.45, 2.75) is 32.7 Å². The summed E-state index contributed by atoms with van der Waals surface area (Å²) in [7, 11) is 3.95. The topological polar surface area (TPSA) is 61.7 Å². The minimum Gasteiger partial charge on any atom is -0.623 e. The van der Waals surface area contributed by atoms with E-state index >= 15 is 0 Å². The summed E-state index contributed by atoms with van der Waals surface area (Å²) in [5, 5.41) is 16.9. The number of para-hydroxylation sites is 1. The Balaban J connectivity index is 1.35. The van der Waals surface area contributed by atoms with E-state index in [2.05, 4.69) is 47.4 Å². The van der Waals surface area contributed by atoms with E-state index in [0.29, 0.717) is 0 Å². The Morgan fingerprint density at radius 2 is 1.81 bits per heavy atom. The Morgan fingerprint density at radius 3 is 2.53 bits per heavy atom. The summed E-state index contributed by atoms with van der Waals surface area (Å²) in [4.78, 5) is 4.58. The molecule has 6 nitrogen and oxygen atoms in total. The van der Waals surface area contributed by atoms with Gasteiger partial charge in [-0.05, 0) is 30.0 Å². The first-order valence-corrected chi connectivity index (χ1v) is 11.0. The number of imidazole rings is 1.